The van der Waals surface area contributed by atoms with Gasteiger partial charge in [0.2, 0.25) is 0 Å². The van der Waals surface area contributed by atoms with Crippen LogP contribution in [0.2, 0.25) is 0 Å². The van der Waals surface area contributed by atoms with Crippen molar-refractivity contribution in [2.45, 2.75) is 110 Å². The number of carboxylic acid groups (broad SMARTS) is 3. The fourth-order valence-electron chi connectivity index (χ4n) is 6.20. The zero-order chi connectivity index (χ0) is 39.9. The number of aliphatic carboxylic acids is 3. The molecule has 0 aliphatic rings. The summed E-state index contributed by atoms with van der Waals surface area (Å²) in [6, 6.07) is 13.1. The van der Waals surface area contributed by atoms with Gasteiger partial charge in [-0.25, -0.2) is 0 Å². The monoisotopic (exact) mass is 772 g/mol. The van der Waals surface area contributed by atoms with Crippen molar-refractivity contribution in [3.8, 4) is 11.5 Å². The molecule has 0 saturated heterocycles. The quantitative estimate of drug-likeness (QED) is 0.0458. The van der Waals surface area contributed by atoms with Crippen LogP contribution in [0.25, 0.3) is 0 Å². The maximum atomic E-state index is 12.7. The highest BCUT2D eigenvalue weighted by molar-refractivity contribution is 5.82. The van der Waals surface area contributed by atoms with Crippen molar-refractivity contribution in [3.63, 3.8) is 0 Å². The Kier molecular flexibility index (Phi) is 25.3. The zero-order valence-corrected chi connectivity index (χ0v) is 32.8. The molecule has 0 amide bonds. The first-order chi connectivity index (χ1) is 26.7. The predicted octanol–water partition coefficient (Wildman–Crippen LogP) is 7.83. The number of esters is 1. The summed E-state index contributed by atoms with van der Waals surface area (Å²) in [6.45, 7) is 1.32. The molecule has 0 spiro atoms. The number of carboxylic acids is 3. The molecule has 0 fully saturated rings. The first-order valence-corrected chi connectivity index (χ1v) is 20.0. The van der Waals surface area contributed by atoms with Gasteiger partial charge in [-0.2, -0.15) is 0 Å². The smallest absolute Gasteiger partial charge is 0.325 e. The number of para-hydroxylation sites is 4. The fourth-order valence-corrected chi connectivity index (χ4v) is 6.20. The third-order valence-corrected chi connectivity index (χ3v) is 8.94. The molecule has 3 N–H and O–H groups in total. The van der Waals surface area contributed by atoms with E-state index in [4.69, 9.17) is 18.9 Å². The summed E-state index contributed by atoms with van der Waals surface area (Å²) in [6.07, 6.45) is 20.9. The molecule has 0 atom stereocenters. The molecule has 0 unspecified atom stereocenters. The van der Waals surface area contributed by atoms with E-state index in [1.165, 1.54) is 99.7 Å². The molecule has 0 bridgehead atoms. The standard InChI is InChI=1S/C42H64N2O11/c1-2-3-4-5-6-7-8-9-10-11-12-13-14-15-16-21-26-52-27-28-55-42(51)34-44(33-41(49)50)36-23-18-20-25-38(36)54-30-29-53-37-24-19-17-22-35(37)43(31-39(45)46)32-40(47)48/h17-20,22-25H,2-16,21,26-34H2,1H3,(H,45,46)(H,47,48)(H,49,50). The normalized spacial score (nSPS) is 10.9. The Morgan fingerprint density at radius 1 is 0.473 bits per heavy atom. The lowest BCUT2D eigenvalue weighted by atomic mass is 10.0. The number of nitrogens with zero attached hydrogens (tertiary/aromatic N) is 2. The lowest BCUT2D eigenvalue weighted by molar-refractivity contribution is -0.143. The van der Waals surface area contributed by atoms with E-state index in [1.54, 1.807) is 48.5 Å². The minimum absolute atomic E-state index is 0.000255. The van der Waals surface area contributed by atoms with E-state index in [-0.39, 0.29) is 38.7 Å². The Hall–Kier alpha value is -4.52. The zero-order valence-electron chi connectivity index (χ0n) is 32.8. The van der Waals surface area contributed by atoms with E-state index in [0.717, 1.165) is 12.8 Å². The van der Waals surface area contributed by atoms with Crippen molar-refractivity contribution in [1.82, 2.24) is 0 Å². The van der Waals surface area contributed by atoms with Crippen molar-refractivity contribution in [3.05, 3.63) is 48.5 Å². The van der Waals surface area contributed by atoms with Gasteiger partial charge >= 0.3 is 23.9 Å². The molecule has 0 saturated carbocycles. The molecule has 0 aliphatic heterocycles. The number of ether oxygens (including phenoxy) is 4. The third-order valence-electron chi connectivity index (χ3n) is 8.94. The Balaban J connectivity index is 1.67. The second-order valence-electron chi connectivity index (χ2n) is 13.7. The van der Waals surface area contributed by atoms with Gasteiger partial charge in [0.05, 0.1) is 18.0 Å². The molecule has 0 heterocycles. The number of unbranched alkanes of at least 4 members (excludes halogenated alkanes) is 15. The fraction of sp³-hybridized carbons (Fsp3) is 0.619. The highest BCUT2D eigenvalue weighted by atomic mass is 16.6. The summed E-state index contributed by atoms with van der Waals surface area (Å²) in [7, 11) is 0. The van der Waals surface area contributed by atoms with Gasteiger partial charge in [0.25, 0.3) is 0 Å². The van der Waals surface area contributed by atoms with Crippen LogP contribution in [-0.4, -0.2) is 98.4 Å². The number of anilines is 2. The number of benzene rings is 2. The molecule has 13 nitrogen and oxygen atoms in total. The van der Waals surface area contributed by atoms with Gasteiger partial charge in [-0.05, 0) is 30.7 Å². The summed E-state index contributed by atoms with van der Waals surface area (Å²) in [5.41, 5.74) is 0.667. The first kappa shape index (κ1) is 46.6. The van der Waals surface area contributed by atoms with Gasteiger partial charge < -0.3 is 44.1 Å². The van der Waals surface area contributed by atoms with Crippen molar-refractivity contribution < 1.29 is 53.4 Å². The third kappa shape index (κ3) is 22.5. The maximum absolute atomic E-state index is 12.7. The number of hydrogen-bond acceptors (Lipinski definition) is 10. The van der Waals surface area contributed by atoms with Crippen LogP contribution < -0.4 is 19.3 Å². The van der Waals surface area contributed by atoms with Crippen LogP contribution >= 0.6 is 0 Å². The van der Waals surface area contributed by atoms with Gasteiger partial charge in [-0.15, -0.1) is 0 Å². The average Bonchev–Trinajstić information content (AvgIpc) is 3.15. The summed E-state index contributed by atoms with van der Waals surface area (Å²) in [5.74, 6) is -3.55. The molecule has 13 heteroatoms. The minimum Gasteiger partial charge on any atom is -0.488 e. The summed E-state index contributed by atoms with van der Waals surface area (Å²) >= 11 is 0. The molecule has 55 heavy (non-hydrogen) atoms. The van der Waals surface area contributed by atoms with Crippen molar-refractivity contribution >= 4 is 35.3 Å². The number of rotatable bonds is 35. The first-order valence-electron chi connectivity index (χ1n) is 20.0. The van der Waals surface area contributed by atoms with E-state index < -0.39 is 43.5 Å². The SMILES string of the molecule is CCCCCCCCCCCCCCCCCCOCCOC(=O)CN(CC(=O)O)c1ccccc1OCCOc1ccccc1N(CC(=O)O)CC(=O)O. The Morgan fingerprint density at radius 2 is 0.855 bits per heavy atom. The van der Waals surface area contributed by atoms with E-state index in [2.05, 4.69) is 6.92 Å². The number of carbonyl (C=O) groups is 4. The highest BCUT2D eigenvalue weighted by Gasteiger charge is 2.20. The van der Waals surface area contributed by atoms with Crippen LogP contribution in [0.5, 0.6) is 11.5 Å². The lowest BCUT2D eigenvalue weighted by Gasteiger charge is -2.25. The van der Waals surface area contributed by atoms with Crippen LogP contribution in [0, 0.1) is 0 Å². The second-order valence-corrected chi connectivity index (χ2v) is 13.7. The highest BCUT2D eigenvalue weighted by Crippen LogP contribution is 2.30. The predicted molar refractivity (Wildman–Crippen MR) is 213 cm³/mol. The van der Waals surface area contributed by atoms with Crippen LogP contribution in [0.1, 0.15) is 110 Å². The summed E-state index contributed by atoms with van der Waals surface area (Å²) in [5, 5.41) is 28.1. The van der Waals surface area contributed by atoms with Gasteiger partial charge in [-0.3, -0.25) is 19.2 Å². The van der Waals surface area contributed by atoms with Crippen molar-refractivity contribution in [2.24, 2.45) is 0 Å². The topological polar surface area (TPSA) is 172 Å². The minimum atomic E-state index is -1.19. The largest absolute Gasteiger partial charge is 0.488 e. The van der Waals surface area contributed by atoms with Crippen molar-refractivity contribution in [2.75, 3.05) is 69.0 Å². The molecule has 308 valence electrons. The van der Waals surface area contributed by atoms with Gasteiger partial charge in [0, 0.05) is 6.61 Å². The van der Waals surface area contributed by atoms with Crippen LogP contribution in [-0.2, 0) is 28.7 Å². The van der Waals surface area contributed by atoms with E-state index in [0.29, 0.717) is 23.7 Å². The van der Waals surface area contributed by atoms with Crippen LogP contribution in [0.15, 0.2) is 48.5 Å². The summed E-state index contributed by atoms with van der Waals surface area (Å²) < 4.78 is 22.7. The molecule has 0 aliphatic carbocycles. The van der Waals surface area contributed by atoms with Crippen LogP contribution in [0.3, 0.4) is 0 Å². The maximum Gasteiger partial charge on any atom is 0.325 e. The lowest BCUT2D eigenvalue weighted by Crippen LogP contribution is -2.36. The molecule has 0 radical (unpaired) electrons. The van der Waals surface area contributed by atoms with Gasteiger partial charge in [0.1, 0.15) is 57.5 Å². The van der Waals surface area contributed by atoms with Crippen LogP contribution in [0.4, 0.5) is 11.4 Å². The molecule has 0 aromatic heterocycles. The molecule has 2 rings (SSSR count). The Labute approximate surface area is 326 Å². The molecule has 2 aromatic rings. The number of carbonyl (C=O) groups excluding carboxylic acids is 1. The van der Waals surface area contributed by atoms with E-state index in [1.807, 2.05) is 0 Å². The molecular formula is C42H64N2O11. The average molecular weight is 773 g/mol. The Morgan fingerprint density at radius 3 is 1.27 bits per heavy atom. The van der Waals surface area contributed by atoms with Crippen molar-refractivity contribution in [1.29, 1.82) is 0 Å². The molecular weight excluding hydrogens is 708 g/mol. The van der Waals surface area contributed by atoms with Gasteiger partial charge in [0.15, 0.2) is 0 Å². The van der Waals surface area contributed by atoms with Gasteiger partial charge in [-0.1, -0.05) is 128 Å². The van der Waals surface area contributed by atoms with E-state index in [9.17, 15) is 34.5 Å². The number of hydrogen-bond donors (Lipinski definition) is 3. The second kappa shape index (κ2) is 29.8. The summed E-state index contributed by atoms with van der Waals surface area (Å²) in [4.78, 5) is 49.6. The molecule has 2 aromatic carbocycles. The van der Waals surface area contributed by atoms with E-state index >= 15 is 0 Å². The Bertz CT molecular complexity index is 1360.